The van der Waals surface area contributed by atoms with Crippen molar-refractivity contribution in [1.82, 2.24) is 19.5 Å². The van der Waals surface area contributed by atoms with Gasteiger partial charge in [0.25, 0.3) is 0 Å². The Kier molecular flexibility index (Phi) is 7.75. The summed E-state index contributed by atoms with van der Waals surface area (Å²) in [6.45, 7) is 4.74. The van der Waals surface area contributed by atoms with E-state index in [1.165, 1.54) is 38.6 Å². The molecule has 0 aliphatic carbocycles. The molecular formula is C17H22N6O7. The van der Waals surface area contributed by atoms with Gasteiger partial charge in [-0.3, -0.25) is 29.1 Å². The molecule has 13 nitrogen and oxygen atoms in total. The first-order valence-corrected chi connectivity index (χ1v) is 8.82. The van der Waals surface area contributed by atoms with Gasteiger partial charge in [0.15, 0.2) is 17.0 Å². The number of carbonyl (C=O) groups excluding carboxylic acids is 4. The van der Waals surface area contributed by atoms with E-state index < -0.39 is 23.9 Å². The summed E-state index contributed by atoms with van der Waals surface area (Å²) in [4.78, 5) is 57.4. The Morgan fingerprint density at radius 2 is 1.57 bits per heavy atom. The summed E-state index contributed by atoms with van der Waals surface area (Å²) in [5.74, 6) is -1.70. The van der Waals surface area contributed by atoms with Crippen LogP contribution in [0.3, 0.4) is 0 Å². The van der Waals surface area contributed by atoms with Crippen LogP contribution in [-0.2, 0) is 40.1 Å². The van der Waals surface area contributed by atoms with E-state index in [1.54, 1.807) is 0 Å². The normalized spacial score (nSPS) is 10.7. The summed E-state index contributed by atoms with van der Waals surface area (Å²) in [7, 11) is 0. The number of anilines is 2. The summed E-state index contributed by atoms with van der Waals surface area (Å²) in [5.41, 5.74) is 0.552. The number of imidazole rings is 1. The molecule has 2 aromatic rings. The topological polar surface area (TPSA) is 164 Å². The Bertz CT molecular complexity index is 939. The number of hydrogen-bond donors (Lipinski definition) is 2. The first-order valence-electron chi connectivity index (χ1n) is 8.82. The van der Waals surface area contributed by atoms with Crippen LogP contribution >= 0.6 is 0 Å². The van der Waals surface area contributed by atoms with Crippen molar-refractivity contribution in [3.63, 3.8) is 0 Å². The van der Waals surface area contributed by atoms with Gasteiger partial charge in [-0.2, -0.15) is 9.97 Å². The molecule has 0 aromatic carbocycles. The van der Waals surface area contributed by atoms with Crippen LogP contribution in [0.1, 0.15) is 27.7 Å². The van der Waals surface area contributed by atoms with Gasteiger partial charge in [0.1, 0.15) is 26.0 Å². The minimum Gasteiger partial charge on any atom is -0.463 e. The van der Waals surface area contributed by atoms with E-state index in [4.69, 9.17) is 14.2 Å². The molecule has 0 fully saturated rings. The first kappa shape index (κ1) is 22.7. The number of hydrogen-bond acceptors (Lipinski definition) is 10. The number of nitrogens with zero attached hydrogens (tertiary/aromatic N) is 4. The quantitative estimate of drug-likeness (QED) is 0.534. The third-order valence-corrected chi connectivity index (χ3v) is 3.44. The maximum absolute atomic E-state index is 11.5. The molecule has 0 saturated carbocycles. The molecule has 0 aliphatic heterocycles. The summed E-state index contributed by atoms with van der Waals surface area (Å²) in [6, 6.07) is 0. The van der Waals surface area contributed by atoms with E-state index in [-0.39, 0.29) is 48.8 Å². The lowest BCUT2D eigenvalue weighted by Crippen LogP contribution is -2.28. The number of esters is 2. The fraction of sp³-hybridized carbons (Fsp3) is 0.471. The average molecular weight is 422 g/mol. The standard InChI is InChI=1S/C17H22N6O7/c1-9(24)19-15-14-16(22-17(21-15)20-10(2)25)23(7-18-14)8-30-13(5-28-11(3)26)6-29-12(4)27/h7,13H,5-6,8H2,1-4H3,(H2,19,20,21,22,24,25). The lowest BCUT2D eigenvalue weighted by Gasteiger charge is -2.17. The Hall–Kier alpha value is -3.61. The van der Waals surface area contributed by atoms with Crippen LogP contribution in [0.25, 0.3) is 11.2 Å². The average Bonchev–Trinajstić information content (AvgIpc) is 3.03. The molecule has 2 heterocycles. The number of ether oxygens (including phenoxy) is 3. The maximum atomic E-state index is 11.5. The van der Waals surface area contributed by atoms with Crippen LogP contribution in [0.2, 0.25) is 0 Å². The molecule has 0 unspecified atom stereocenters. The van der Waals surface area contributed by atoms with Crippen LogP contribution in [0.4, 0.5) is 11.8 Å². The molecule has 0 bridgehead atoms. The van der Waals surface area contributed by atoms with E-state index in [2.05, 4.69) is 25.6 Å². The molecule has 2 amide bonds. The molecular weight excluding hydrogens is 400 g/mol. The minimum absolute atomic E-state index is 0.0307. The van der Waals surface area contributed by atoms with Gasteiger partial charge >= 0.3 is 11.9 Å². The highest BCUT2D eigenvalue weighted by Gasteiger charge is 2.18. The second-order valence-electron chi connectivity index (χ2n) is 6.17. The third kappa shape index (κ3) is 6.77. The smallest absolute Gasteiger partial charge is 0.302 e. The first-order chi connectivity index (χ1) is 14.2. The van der Waals surface area contributed by atoms with Crippen LogP contribution in [0, 0.1) is 0 Å². The molecule has 2 aromatic heterocycles. The van der Waals surface area contributed by atoms with Crippen LogP contribution in [0.5, 0.6) is 0 Å². The van der Waals surface area contributed by atoms with Gasteiger partial charge < -0.3 is 19.5 Å². The van der Waals surface area contributed by atoms with Crippen molar-refractivity contribution in [2.24, 2.45) is 0 Å². The van der Waals surface area contributed by atoms with Crippen molar-refractivity contribution < 1.29 is 33.4 Å². The van der Waals surface area contributed by atoms with E-state index in [1.807, 2.05) is 0 Å². The third-order valence-electron chi connectivity index (χ3n) is 3.44. The van der Waals surface area contributed by atoms with Gasteiger partial charge in [-0.05, 0) is 0 Å². The molecule has 162 valence electrons. The van der Waals surface area contributed by atoms with Gasteiger partial charge in [-0.25, -0.2) is 4.98 Å². The number of amides is 2. The maximum Gasteiger partial charge on any atom is 0.302 e. The highest BCUT2D eigenvalue weighted by molar-refractivity contribution is 5.97. The van der Waals surface area contributed by atoms with Gasteiger partial charge in [0.2, 0.25) is 17.8 Å². The number of carbonyl (C=O) groups is 4. The van der Waals surface area contributed by atoms with Gasteiger partial charge in [0.05, 0.1) is 6.33 Å². The molecule has 0 aliphatic rings. The zero-order valence-corrected chi connectivity index (χ0v) is 16.9. The Labute approximate surface area is 171 Å². The van der Waals surface area contributed by atoms with Gasteiger partial charge in [-0.15, -0.1) is 0 Å². The van der Waals surface area contributed by atoms with Crippen molar-refractivity contribution >= 4 is 46.7 Å². The molecule has 0 radical (unpaired) electrons. The molecule has 0 saturated heterocycles. The second-order valence-corrected chi connectivity index (χ2v) is 6.17. The molecule has 13 heteroatoms. The lowest BCUT2D eigenvalue weighted by atomic mass is 10.4. The number of aromatic nitrogens is 4. The zero-order valence-electron chi connectivity index (χ0n) is 16.9. The Balaban J connectivity index is 2.26. The highest BCUT2D eigenvalue weighted by Crippen LogP contribution is 2.21. The fourth-order valence-electron chi connectivity index (χ4n) is 2.26. The van der Waals surface area contributed by atoms with Crippen molar-refractivity contribution in [3.05, 3.63) is 6.33 Å². The van der Waals surface area contributed by atoms with Crippen LogP contribution in [0.15, 0.2) is 6.33 Å². The summed E-state index contributed by atoms with van der Waals surface area (Å²) in [5, 5.41) is 4.98. The Morgan fingerprint density at radius 1 is 0.967 bits per heavy atom. The zero-order chi connectivity index (χ0) is 22.3. The molecule has 0 spiro atoms. The van der Waals surface area contributed by atoms with E-state index in [0.717, 1.165) is 0 Å². The molecule has 30 heavy (non-hydrogen) atoms. The van der Waals surface area contributed by atoms with E-state index >= 15 is 0 Å². The lowest BCUT2D eigenvalue weighted by molar-refractivity contribution is -0.154. The summed E-state index contributed by atoms with van der Waals surface area (Å²) < 4.78 is 17.0. The largest absolute Gasteiger partial charge is 0.463 e. The van der Waals surface area contributed by atoms with E-state index in [0.29, 0.717) is 0 Å². The van der Waals surface area contributed by atoms with Crippen molar-refractivity contribution in [2.75, 3.05) is 23.8 Å². The summed E-state index contributed by atoms with van der Waals surface area (Å²) in [6.07, 6.45) is 0.665. The van der Waals surface area contributed by atoms with Gasteiger partial charge in [0, 0.05) is 27.7 Å². The summed E-state index contributed by atoms with van der Waals surface area (Å²) >= 11 is 0. The fourth-order valence-corrected chi connectivity index (χ4v) is 2.26. The Morgan fingerprint density at radius 3 is 2.10 bits per heavy atom. The monoisotopic (exact) mass is 422 g/mol. The number of fused-ring (bicyclic) bond motifs is 1. The molecule has 2 N–H and O–H groups in total. The van der Waals surface area contributed by atoms with Crippen LogP contribution < -0.4 is 10.6 Å². The molecule has 0 atom stereocenters. The number of nitrogens with one attached hydrogen (secondary N) is 2. The minimum atomic E-state index is -0.735. The predicted molar refractivity (Wildman–Crippen MR) is 102 cm³/mol. The van der Waals surface area contributed by atoms with Gasteiger partial charge in [-0.1, -0.05) is 0 Å². The predicted octanol–water partition coefficient (Wildman–Crippen LogP) is 0.212. The van der Waals surface area contributed by atoms with Crippen molar-refractivity contribution in [3.8, 4) is 0 Å². The van der Waals surface area contributed by atoms with E-state index in [9.17, 15) is 19.2 Å². The highest BCUT2D eigenvalue weighted by atomic mass is 16.6. The molecule has 2 rings (SSSR count). The van der Waals surface area contributed by atoms with Crippen molar-refractivity contribution in [2.45, 2.75) is 40.5 Å². The van der Waals surface area contributed by atoms with Crippen LogP contribution in [-0.4, -0.2) is 62.6 Å². The second kappa shape index (κ2) is 10.2. The number of rotatable bonds is 9. The van der Waals surface area contributed by atoms with Crippen molar-refractivity contribution in [1.29, 1.82) is 0 Å². The SMILES string of the molecule is CC(=O)Nc1nc(NC(C)=O)c2ncn(COC(COC(C)=O)COC(C)=O)c2n1.